The maximum atomic E-state index is 12.7. The number of hydrogen-bond acceptors (Lipinski definition) is 7. The monoisotopic (exact) mass is 512 g/mol. The number of rotatable bonds is 6. The van der Waals surface area contributed by atoms with Crippen molar-refractivity contribution in [2.45, 2.75) is 31.8 Å². The fraction of sp³-hybridized carbons (Fsp3) is 0.500. The van der Waals surface area contributed by atoms with E-state index in [1.165, 1.54) is 7.11 Å². The Hall–Kier alpha value is -2.00. The Labute approximate surface area is 208 Å². The minimum Gasteiger partial charge on any atom is -0.480 e. The molecule has 2 N–H and O–H groups in total. The highest BCUT2D eigenvalue weighted by molar-refractivity contribution is 6.35. The Bertz CT molecular complexity index is 1010. The van der Waals surface area contributed by atoms with Gasteiger partial charge >= 0.3 is 0 Å². The minimum atomic E-state index is -0.187. The highest BCUT2D eigenvalue weighted by Crippen LogP contribution is 2.35. The zero-order chi connectivity index (χ0) is 23.5. The van der Waals surface area contributed by atoms with Crippen LogP contribution in [-0.2, 0) is 4.79 Å². The van der Waals surface area contributed by atoms with Gasteiger partial charge < -0.3 is 25.2 Å². The van der Waals surface area contributed by atoms with Crippen molar-refractivity contribution in [1.29, 1.82) is 0 Å². The van der Waals surface area contributed by atoms with Gasteiger partial charge in [0.1, 0.15) is 5.02 Å². The van der Waals surface area contributed by atoms with Crippen molar-refractivity contribution in [3.8, 4) is 5.88 Å². The van der Waals surface area contributed by atoms with Crippen LogP contribution in [0, 0.1) is 0 Å². The molecule has 2 atom stereocenters. The normalized spacial score (nSPS) is 19.5. The van der Waals surface area contributed by atoms with Crippen LogP contribution < -0.4 is 20.3 Å². The Kier molecular flexibility index (Phi) is 7.69. The van der Waals surface area contributed by atoms with E-state index < -0.39 is 0 Å². The van der Waals surface area contributed by atoms with Gasteiger partial charge in [0.05, 0.1) is 19.2 Å². The SMILES string of the molecule is COc1nc(N2CCN(C(=O)[C@H]3CCCN3)CC2)nc(N[C@H](C)c2ccc(Cl)cc2Cl)c1Cl. The molecule has 178 valence electrons. The van der Waals surface area contributed by atoms with Crippen molar-refractivity contribution in [3.63, 3.8) is 0 Å². The van der Waals surface area contributed by atoms with Crippen molar-refractivity contribution >= 4 is 52.5 Å². The third-order valence-electron chi connectivity index (χ3n) is 6.02. The molecule has 2 fully saturated rings. The summed E-state index contributed by atoms with van der Waals surface area (Å²) in [5, 5.41) is 8.01. The molecule has 3 heterocycles. The van der Waals surface area contributed by atoms with Crippen molar-refractivity contribution in [1.82, 2.24) is 20.2 Å². The van der Waals surface area contributed by atoms with Gasteiger partial charge in [-0.15, -0.1) is 0 Å². The third kappa shape index (κ3) is 5.40. The first-order chi connectivity index (χ1) is 15.9. The molecule has 1 amide bonds. The molecule has 0 radical (unpaired) electrons. The number of anilines is 2. The van der Waals surface area contributed by atoms with E-state index in [1.807, 2.05) is 22.8 Å². The van der Waals surface area contributed by atoms with Crippen LogP contribution in [0.4, 0.5) is 11.8 Å². The number of hydrogen-bond donors (Lipinski definition) is 2. The maximum Gasteiger partial charge on any atom is 0.239 e. The minimum absolute atomic E-state index is 0.0552. The van der Waals surface area contributed by atoms with Gasteiger partial charge in [-0.05, 0) is 44.0 Å². The molecule has 1 aromatic heterocycles. The van der Waals surface area contributed by atoms with Crippen LogP contribution in [0.5, 0.6) is 5.88 Å². The lowest BCUT2D eigenvalue weighted by Gasteiger charge is -2.36. The molecule has 0 saturated carbocycles. The molecule has 11 heteroatoms. The number of carbonyl (C=O) groups is 1. The van der Waals surface area contributed by atoms with E-state index in [9.17, 15) is 4.79 Å². The smallest absolute Gasteiger partial charge is 0.239 e. The molecule has 2 aliphatic heterocycles. The average Bonchev–Trinajstić information content (AvgIpc) is 3.35. The van der Waals surface area contributed by atoms with Crippen molar-refractivity contribution in [2.75, 3.05) is 50.1 Å². The number of halogens is 3. The summed E-state index contributed by atoms with van der Waals surface area (Å²) in [5.41, 5.74) is 0.865. The van der Waals surface area contributed by atoms with Crippen molar-refractivity contribution in [3.05, 3.63) is 38.8 Å². The molecule has 0 aliphatic carbocycles. The van der Waals surface area contributed by atoms with E-state index in [2.05, 4.69) is 20.6 Å². The molecule has 0 unspecified atom stereocenters. The Balaban J connectivity index is 1.49. The van der Waals surface area contributed by atoms with Gasteiger partial charge in [0, 0.05) is 36.2 Å². The summed E-state index contributed by atoms with van der Waals surface area (Å²) in [6, 6.07) is 5.11. The number of methoxy groups -OCH3 is 1. The fourth-order valence-corrected chi connectivity index (χ4v) is 4.95. The first-order valence-electron chi connectivity index (χ1n) is 11.0. The quantitative estimate of drug-likeness (QED) is 0.604. The molecule has 33 heavy (non-hydrogen) atoms. The first-order valence-corrected chi connectivity index (χ1v) is 12.1. The van der Waals surface area contributed by atoms with Crippen LogP contribution in [0.25, 0.3) is 0 Å². The van der Waals surface area contributed by atoms with Crippen molar-refractivity contribution < 1.29 is 9.53 Å². The van der Waals surface area contributed by atoms with E-state index >= 15 is 0 Å². The van der Waals surface area contributed by atoms with Gasteiger partial charge in [-0.2, -0.15) is 9.97 Å². The largest absolute Gasteiger partial charge is 0.480 e. The van der Waals surface area contributed by atoms with Gasteiger partial charge in [-0.3, -0.25) is 4.79 Å². The highest BCUT2D eigenvalue weighted by atomic mass is 35.5. The van der Waals surface area contributed by atoms with E-state index in [0.29, 0.717) is 53.0 Å². The van der Waals surface area contributed by atoms with E-state index in [0.717, 1.165) is 24.9 Å². The maximum absolute atomic E-state index is 12.7. The predicted octanol–water partition coefficient (Wildman–Crippen LogP) is 4.02. The molecule has 0 spiro atoms. The lowest BCUT2D eigenvalue weighted by molar-refractivity contribution is -0.133. The van der Waals surface area contributed by atoms with Crippen LogP contribution in [-0.4, -0.2) is 66.7 Å². The number of carbonyl (C=O) groups excluding carboxylic acids is 1. The van der Waals surface area contributed by atoms with Crippen molar-refractivity contribution in [2.24, 2.45) is 0 Å². The van der Waals surface area contributed by atoms with Gasteiger partial charge in [0.25, 0.3) is 0 Å². The zero-order valence-corrected chi connectivity index (χ0v) is 20.8. The van der Waals surface area contributed by atoms with Gasteiger partial charge in [0.2, 0.25) is 17.7 Å². The standard InChI is InChI=1S/C22H27Cl3N6O2/c1-13(15-6-5-14(23)12-16(15)24)27-19-18(25)20(33-2)29-22(28-19)31-10-8-30(9-11-31)21(32)17-4-3-7-26-17/h5-6,12-13,17,26H,3-4,7-11H2,1-2H3,(H,27,28,29)/t13-,17-/m1/s1. The summed E-state index contributed by atoms with van der Waals surface area (Å²) in [7, 11) is 1.52. The molecule has 2 aliphatic rings. The summed E-state index contributed by atoms with van der Waals surface area (Å²) >= 11 is 18.9. The third-order valence-corrected chi connectivity index (χ3v) is 6.92. The molecule has 2 aromatic rings. The molecule has 4 rings (SSSR count). The molecule has 2 saturated heterocycles. The molecule has 1 aromatic carbocycles. The average molecular weight is 514 g/mol. The highest BCUT2D eigenvalue weighted by Gasteiger charge is 2.30. The predicted molar refractivity (Wildman–Crippen MR) is 132 cm³/mol. The lowest BCUT2D eigenvalue weighted by Crippen LogP contribution is -2.53. The summed E-state index contributed by atoms with van der Waals surface area (Å²) in [6.07, 6.45) is 1.95. The van der Waals surface area contributed by atoms with Crippen LogP contribution in [0.15, 0.2) is 18.2 Å². The number of aromatic nitrogens is 2. The van der Waals surface area contributed by atoms with Gasteiger partial charge in [-0.25, -0.2) is 0 Å². The second-order valence-corrected chi connectivity index (χ2v) is 9.41. The fourth-order valence-electron chi connectivity index (χ4n) is 4.17. The van der Waals surface area contributed by atoms with Crippen LogP contribution in [0.2, 0.25) is 15.1 Å². The summed E-state index contributed by atoms with van der Waals surface area (Å²) in [5.74, 6) is 1.41. The van der Waals surface area contributed by atoms with Crippen LogP contribution in [0.1, 0.15) is 31.4 Å². The summed E-state index contributed by atoms with van der Waals surface area (Å²) in [4.78, 5) is 25.8. The molecule has 0 bridgehead atoms. The second-order valence-electron chi connectivity index (χ2n) is 8.19. The lowest BCUT2D eigenvalue weighted by atomic mass is 10.1. The second kappa shape index (κ2) is 10.5. The Morgan fingerprint density at radius 3 is 2.61 bits per heavy atom. The van der Waals surface area contributed by atoms with Gasteiger partial charge in [-0.1, -0.05) is 40.9 Å². The zero-order valence-electron chi connectivity index (χ0n) is 18.6. The summed E-state index contributed by atoms with van der Waals surface area (Å²) in [6.45, 7) is 5.35. The van der Waals surface area contributed by atoms with Crippen LogP contribution >= 0.6 is 34.8 Å². The molecular weight excluding hydrogens is 487 g/mol. The number of ether oxygens (including phenoxy) is 1. The van der Waals surface area contributed by atoms with E-state index in [1.54, 1.807) is 12.1 Å². The van der Waals surface area contributed by atoms with Gasteiger partial charge in [0.15, 0.2) is 5.82 Å². The Morgan fingerprint density at radius 2 is 1.97 bits per heavy atom. The summed E-state index contributed by atoms with van der Waals surface area (Å²) < 4.78 is 5.40. The number of benzene rings is 1. The molecular formula is C22H27Cl3N6O2. The molecule has 8 nitrogen and oxygen atoms in total. The van der Waals surface area contributed by atoms with E-state index in [-0.39, 0.29) is 23.9 Å². The number of piperazine rings is 1. The number of nitrogens with zero attached hydrogens (tertiary/aromatic N) is 4. The number of amides is 1. The first kappa shape index (κ1) is 24.1. The topological polar surface area (TPSA) is 82.6 Å². The number of nitrogens with one attached hydrogen (secondary N) is 2. The van der Waals surface area contributed by atoms with E-state index in [4.69, 9.17) is 39.5 Å². The Morgan fingerprint density at radius 1 is 1.21 bits per heavy atom. The van der Waals surface area contributed by atoms with Crippen LogP contribution in [0.3, 0.4) is 0 Å².